The minimum atomic E-state index is -0.0803. The molecule has 0 aliphatic carbocycles. The third-order valence-electron chi connectivity index (χ3n) is 3.36. The third-order valence-corrected chi connectivity index (χ3v) is 3.36. The van der Waals surface area contributed by atoms with Crippen molar-refractivity contribution < 1.29 is 0 Å². The largest absolute Gasteiger partial charge is 0.326 e. The van der Waals surface area contributed by atoms with Gasteiger partial charge in [-0.05, 0) is 24.5 Å². The monoisotopic (exact) mass is 271 g/mol. The van der Waals surface area contributed by atoms with Gasteiger partial charge in [-0.1, -0.05) is 38.1 Å². The van der Waals surface area contributed by atoms with E-state index in [-0.39, 0.29) is 12.1 Å². The molecule has 2 aromatic rings. The minimum Gasteiger partial charge on any atom is -0.326 e. The maximum Gasteiger partial charge on any atom is 0.271 e. The number of hydrogen-bond donors (Lipinski definition) is 1. The molecule has 1 heterocycles. The lowest BCUT2D eigenvalue weighted by Crippen LogP contribution is -2.28. The Morgan fingerprint density at radius 3 is 2.45 bits per heavy atom. The van der Waals surface area contributed by atoms with Gasteiger partial charge in [0.05, 0.1) is 5.69 Å². The molecule has 0 aliphatic heterocycles. The van der Waals surface area contributed by atoms with Crippen LogP contribution < -0.4 is 11.3 Å². The van der Waals surface area contributed by atoms with Crippen LogP contribution in [0.2, 0.25) is 0 Å². The van der Waals surface area contributed by atoms with Crippen molar-refractivity contribution in [1.29, 1.82) is 0 Å². The SMILES string of the molecule is CCCn1nc(-c2ccc(CC)cc2)cc(CN)c1=O. The molecule has 4 nitrogen and oxygen atoms in total. The van der Waals surface area contributed by atoms with E-state index in [2.05, 4.69) is 24.2 Å². The molecule has 0 amide bonds. The Labute approximate surface area is 119 Å². The predicted molar refractivity (Wildman–Crippen MR) is 81.5 cm³/mol. The van der Waals surface area contributed by atoms with Crippen molar-refractivity contribution in [3.8, 4) is 11.3 Å². The normalized spacial score (nSPS) is 10.8. The lowest BCUT2D eigenvalue weighted by Gasteiger charge is -2.09. The van der Waals surface area contributed by atoms with Crippen molar-refractivity contribution in [2.75, 3.05) is 0 Å². The lowest BCUT2D eigenvalue weighted by molar-refractivity contribution is 0.564. The summed E-state index contributed by atoms with van der Waals surface area (Å²) in [5.74, 6) is 0. The van der Waals surface area contributed by atoms with E-state index >= 15 is 0 Å². The Morgan fingerprint density at radius 2 is 1.90 bits per heavy atom. The molecule has 0 saturated carbocycles. The highest BCUT2D eigenvalue weighted by atomic mass is 16.1. The number of aryl methyl sites for hydroxylation is 2. The third kappa shape index (κ3) is 2.96. The number of aromatic nitrogens is 2. The zero-order chi connectivity index (χ0) is 14.5. The van der Waals surface area contributed by atoms with Crippen LogP contribution in [-0.4, -0.2) is 9.78 Å². The highest BCUT2D eigenvalue weighted by molar-refractivity contribution is 5.59. The molecule has 2 rings (SSSR count). The summed E-state index contributed by atoms with van der Waals surface area (Å²) in [5.41, 5.74) is 9.31. The Kier molecular flexibility index (Phi) is 4.69. The summed E-state index contributed by atoms with van der Waals surface area (Å²) < 4.78 is 1.52. The van der Waals surface area contributed by atoms with Gasteiger partial charge in [0.1, 0.15) is 0 Å². The molecule has 4 heteroatoms. The fraction of sp³-hybridized carbons (Fsp3) is 0.375. The van der Waals surface area contributed by atoms with Crippen LogP contribution in [0.25, 0.3) is 11.3 Å². The van der Waals surface area contributed by atoms with Gasteiger partial charge in [-0.15, -0.1) is 0 Å². The van der Waals surface area contributed by atoms with Crippen molar-refractivity contribution in [2.45, 2.75) is 39.8 Å². The number of rotatable bonds is 5. The number of nitrogens with zero attached hydrogens (tertiary/aromatic N) is 2. The van der Waals surface area contributed by atoms with Crippen LogP contribution in [0.3, 0.4) is 0 Å². The van der Waals surface area contributed by atoms with Gasteiger partial charge in [0.15, 0.2) is 0 Å². The molecule has 1 aromatic carbocycles. The van der Waals surface area contributed by atoms with Crippen molar-refractivity contribution in [3.63, 3.8) is 0 Å². The average molecular weight is 271 g/mol. The highest BCUT2D eigenvalue weighted by Crippen LogP contribution is 2.17. The van der Waals surface area contributed by atoms with Gasteiger partial charge in [-0.3, -0.25) is 4.79 Å². The Balaban J connectivity index is 2.49. The molecule has 0 saturated heterocycles. The Bertz CT molecular complexity index is 629. The first kappa shape index (κ1) is 14.5. The van der Waals surface area contributed by atoms with Gasteiger partial charge < -0.3 is 5.73 Å². The van der Waals surface area contributed by atoms with Gasteiger partial charge in [0.2, 0.25) is 0 Å². The van der Waals surface area contributed by atoms with E-state index in [9.17, 15) is 4.79 Å². The molecule has 20 heavy (non-hydrogen) atoms. The van der Waals surface area contributed by atoms with Gasteiger partial charge in [-0.25, -0.2) is 4.68 Å². The summed E-state index contributed by atoms with van der Waals surface area (Å²) in [4.78, 5) is 12.1. The molecular formula is C16H21N3O. The average Bonchev–Trinajstić information content (AvgIpc) is 2.49. The molecule has 0 radical (unpaired) electrons. The lowest BCUT2D eigenvalue weighted by atomic mass is 10.1. The fourth-order valence-corrected chi connectivity index (χ4v) is 2.16. The number of nitrogens with two attached hydrogens (primary N) is 1. The minimum absolute atomic E-state index is 0.0803. The zero-order valence-electron chi connectivity index (χ0n) is 12.1. The first-order valence-electron chi connectivity index (χ1n) is 7.10. The van der Waals surface area contributed by atoms with Crippen LogP contribution in [0.4, 0.5) is 0 Å². The van der Waals surface area contributed by atoms with Gasteiger partial charge in [-0.2, -0.15) is 5.10 Å². The summed E-state index contributed by atoms with van der Waals surface area (Å²) in [6.07, 6.45) is 1.88. The molecular weight excluding hydrogens is 250 g/mol. The smallest absolute Gasteiger partial charge is 0.271 e. The second-order valence-corrected chi connectivity index (χ2v) is 4.84. The zero-order valence-corrected chi connectivity index (χ0v) is 12.1. The van der Waals surface area contributed by atoms with Crippen LogP contribution >= 0.6 is 0 Å². The van der Waals surface area contributed by atoms with E-state index in [1.807, 2.05) is 19.1 Å². The van der Waals surface area contributed by atoms with Crippen molar-refractivity contribution in [2.24, 2.45) is 5.73 Å². The fourth-order valence-electron chi connectivity index (χ4n) is 2.16. The standard InChI is InChI=1S/C16H21N3O/c1-3-9-19-16(20)14(11-17)10-15(18-19)13-7-5-12(4-2)6-8-13/h5-8,10H,3-4,9,11,17H2,1-2H3. The van der Waals surface area contributed by atoms with Crippen LogP contribution in [0.1, 0.15) is 31.4 Å². The van der Waals surface area contributed by atoms with Crippen molar-refractivity contribution in [3.05, 3.63) is 51.8 Å². The van der Waals surface area contributed by atoms with E-state index in [4.69, 9.17) is 5.73 Å². The molecule has 2 N–H and O–H groups in total. The second kappa shape index (κ2) is 6.48. The molecule has 0 unspecified atom stereocenters. The van der Waals surface area contributed by atoms with Crippen LogP contribution in [0.15, 0.2) is 35.1 Å². The molecule has 0 aliphatic rings. The quantitative estimate of drug-likeness (QED) is 0.908. The van der Waals surface area contributed by atoms with Crippen LogP contribution in [-0.2, 0) is 19.5 Å². The summed E-state index contributed by atoms with van der Waals surface area (Å²) >= 11 is 0. The number of benzene rings is 1. The van der Waals surface area contributed by atoms with Gasteiger partial charge in [0.25, 0.3) is 5.56 Å². The van der Waals surface area contributed by atoms with E-state index in [0.29, 0.717) is 12.1 Å². The maximum absolute atomic E-state index is 12.1. The first-order chi connectivity index (χ1) is 9.69. The van der Waals surface area contributed by atoms with E-state index < -0.39 is 0 Å². The van der Waals surface area contributed by atoms with Crippen LogP contribution in [0, 0.1) is 0 Å². The van der Waals surface area contributed by atoms with E-state index in [1.54, 1.807) is 6.07 Å². The molecule has 0 fully saturated rings. The topological polar surface area (TPSA) is 60.9 Å². The predicted octanol–water partition coefficient (Wildman–Crippen LogP) is 2.34. The maximum atomic E-state index is 12.1. The first-order valence-corrected chi connectivity index (χ1v) is 7.10. The number of hydrogen-bond acceptors (Lipinski definition) is 3. The highest BCUT2D eigenvalue weighted by Gasteiger charge is 2.08. The Hall–Kier alpha value is -1.94. The summed E-state index contributed by atoms with van der Waals surface area (Å²) in [6.45, 7) is 5.01. The molecule has 1 aromatic heterocycles. The molecule has 106 valence electrons. The molecule has 0 spiro atoms. The summed E-state index contributed by atoms with van der Waals surface area (Å²) in [6, 6.07) is 10.1. The molecule has 0 atom stereocenters. The van der Waals surface area contributed by atoms with Gasteiger partial charge in [0, 0.05) is 24.2 Å². The molecule has 0 bridgehead atoms. The van der Waals surface area contributed by atoms with Crippen LogP contribution in [0.5, 0.6) is 0 Å². The van der Waals surface area contributed by atoms with Crippen molar-refractivity contribution in [1.82, 2.24) is 9.78 Å². The second-order valence-electron chi connectivity index (χ2n) is 4.84. The van der Waals surface area contributed by atoms with E-state index in [1.165, 1.54) is 10.2 Å². The summed E-state index contributed by atoms with van der Waals surface area (Å²) in [7, 11) is 0. The van der Waals surface area contributed by atoms with Gasteiger partial charge >= 0.3 is 0 Å². The van der Waals surface area contributed by atoms with Crippen molar-refractivity contribution >= 4 is 0 Å². The Morgan fingerprint density at radius 1 is 1.20 bits per heavy atom. The van der Waals surface area contributed by atoms with E-state index in [0.717, 1.165) is 24.1 Å². The summed E-state index contributed by atoms with van der Waals surface area (Å²) in [5, 5.41) is 4.44.